The highest BCUT2D eigenvalue weighted by atomic mass is 14.9. The van der Waals surface area contributed by atoms with E-state index in [0.29, 0.717) is 6.54 Å². The number of nitrogens with zero attached hydrogens (tertiary/aromatic N) is 1. The molecule has 0 bridgehead atoms. The van der Waals surface area contributed by atoms with Gasteiger partial charge in [-0.3, -0.25) is 0 Å². The molecule has 3 heteroatoms. The summed E-state index contributed by atoms with van der Waals surface area (Å²) in [6.45, 7) is 2.53. The van der Waals surface area contributed by atoms with Gasteiger partial charge >= 0.3 is 0 Å². The van der Waals surface area contributed by atoms with Crippen molar-refractivity contribution in [1.82, 2.24) is 9.97 Å². The highest BCUT2D eigenvalue weighted by molar-refractivity contribution is 5.60. The van der Waals surface area contributed by atoms with Crippen LogP contribution < -0.4 is 5.73 Å². The summed E-state index contributed by atoms with van der Waals surface area (Å²) in [5.74, 6) is 0.892. The number of hydrogen-bond donors (Lipinski definition) is 2. The van der Waals surface area contributed by atoms with Gasteiger partial charge in [0.2, 0.25) is 0 Å². The molecule has 0 spiro atoms. The molecule has 0 radical (unpaired) electrons. The smallest absolute Gasteiger partial charge is 0.137 e. The quantitative estimate of drug-likeness (QED) is 0.753. The number of benzene rings is 1. The summed E-state index contributed by atoms with van der Waals surface area (Å²) in [5, 5.41) is 0. The standard InChI is InChI=1S/C11H13N3/c1-8-7-13-11(14-8)10-5-3-2-4-9(10)6-12/h2-5,7H,6,12H2,1H3,(H,13,14). The molecule has 3 nitrogen and oxygen atoms in total. The van der Waals surface area contributed by atoms with Crippen LogP contribution in [0.15, 0.2) is 30.5 Å². The van der Waals surface area contributed by atoms with Gasteiger partial charge in [0, 0.05) is 24.0 Å². The van der Waals surface area contributed by atoms with E-state index in [1.807, 2.05) is 37.4 Å². The number of nitrogens with two attached hydrogens (primary N) is 1. The molecule has 0 unspecified atom stereocenters. The van der Waals surface area contributed by atoms with Crippen molar-refractivity contribution in [3.8, 4) is 11.4 Å². The molecule has 0 saturated carbocycles. The summed E-state index contributed by atoms with van der Waals surface area (Å²) < 4.78 is 0. The van der Waals surface area contributed by atoms with Crippen molar-refractivity contribution in [1.29, 1.82) is 0 Å². The number of hydrogen-bond acceptors (Lipinski definition) is 2. The van der Waals surface area contributed by atoms with E-state index in [-0.39, 0.29) is 0 Å². The van der Waals surface area contributed by atoms with E-state index in [1.54, 1.807) is 0 Å². The van der Waals surface area contributed by atoms with Crippen LogP contribution in [0.3, 0.4) is 0 Å². The van der Waals surface area contributed by atoms with Gasteiger partial charge in [-0.15, -0.1) is 0 Å². The molecular formula is C11H13N3. The first-order chi connectivity index (χ1) is 6.81. The first-order valence-corrected chi connectivity index (χ1v) is 4.61. The average molecular weight is 187 g/mol. The molecule has 0 saturated heterocycles. The van der Waals surface area contributed by atoms with E-state index < -0.39 is 0 Å². The maximum Gasteiger partial charge on any atom is 0.137 e. The summed E-state index contributed by atoms with van der Waals surface area (Å²) in [5.41, 5.74) is 8.91. The third kappa shape index (κ3) is 1.54. The molecule has 0 atom stereocenters. The molecule has 0 aliphatic rings. The summed E-state index contributed by atoms with van der Waals surface area (Å²) in [6.07, 6.45) is 1.82. The number of rotatable bonds is 2. The number of aromatic amines is 1. The molecule has 3 N–H and O–H groups in total. The second kappa shape index (κ2) is 3.64. The van der Waals surface area contributed by atoms with Gasteiger partial charge < -0.3 is 10.7 Å². The zero-order valence-corrected chi connectivity index (χ0v) is 8.12. The van der Waals surface area contributed by atoms with E-state index in [0.717, 1.165) is 22.6 Å². The van der Waals surface area contributed by atoms with Gasteiger partial charge in [-0.1, -0.05) is 24.3 Å². The fraction of sp³-hybridized carbons (Fsp3) is 0.182. The van der Waals surface area contributed by atoms with Crippen LogP contribution in [0.4, 0.5) is 0 Å². The third-order valence-electron chi connectivity index (χ3n) is 2.20. The summed E-state index contributed by atoms with van der Waals surface area (Å²) in [6, 6.07) is 8.03. The molecule has 0 aliphatic heterocycles. The molecule has 1 heterocycles. The van der Waals surface area contributed by atoms with Gasteiger partial charge in [0.05, 0.1) is 0 Å². The summed E-state index contributed by atoms with van der Waals surface area (Å²) in [7, 11) is 0. The van der Waals surface area contributed by atoms with Crippen LogP contribution in [0.25, 0.3) is 11.4 Å². The maximum absolute atomic E-state index is 5.65. The second-order valence-electron chi connectivity index (χ2n) is 3.28. The monoisotopic (exact) mass is 187 g/mol. The fourth-order valence-corrected chi connectivity index (χ4v) is 1.48. The minimum absolute atomic E-state index is 0.538. The first-order valence-electron chi connectivity index (χ1n) is 4.61. The largest absolute Gasteiger partial charge is 0.342 e. The van der Waals surface area contributed by atoms with Gasteiger partial charge in [0.15, 0.2) is 0 Å². The van der Waals surface area contributed by atoms with Crippen molar-refractivity contribution in [2.75, 3.05) is 0 Å². The van der Waals surface area contributed by atoms with E-state index in [1.165, 1.54) is 0 Å². The van der Waals surface area contributed by atoms with Crippen LogP contribution in [0.5, 0.6) is 0 Å². The molecular weight excluding hydrogens is 174 g/mol. The lowest BCUT2D eigenvalue weighted by Gasteiger charge is -2.03. The lowest BCUT2D eigenvalue weighted by atomic mass is 10.1. The Labute approximate surface area is 83.0 Å². The van der Waals surface area contributed by atoms with E-state index in [9.17, 15) is 0 Å². The minimum atomic E-state index is 0.538. The SMILES string of the molecule is Cc1cnc(-c2ccccc2CN)[nH]1. The van der Waals surface area contributed by atoms with E-state index in [4.69, 9.17) is 5.73 Å². The van der Waals surface area contributed by atoms with Crippen molar-refractivity contribution in [2.24, 2.45) is 5.73 Å². The van der Waals surface area contributed by atoms with Gasteiger partial charge in [-0.2, -0.15) is 0 Å². The fourth-order valence-electron chi connectivity index (χ4n) is 1.48. The highest BCUT2D eigenvalue weighted by Crippen LogP contribution is 2.19. The molecule has 0 aliphatic carbocycles. The summed E-state index contributed by atoms with van der Waals surface area (Å²) in [4.78, 5) is 7.48. The average Bonchev–Trinajstić information content (AvgIpc) is 2.65. The number of aryl methyl sites for hydroxylation is 1. The van der Waals surface area contributed by atoms with Gasteiger partial charge in [0.25, 0.3) is 0 Å². The van der Waals surface area contributed by atoms with E-state index in [2.05, 4.69) is 9.97 Å². The lowest BCUT2D eigenvalue weighted by molar-refractivity contribution is 1.07. The van der Waals surface area contributed by atoms with Gasteiger partial charge in [-0.25, -0.2) is 4.98 Å². The van der Waals surface area contributed by atoms with Crippen molar-refractivity contribution in [2.45, 2.75) is 13.5 Å². The topological polar surface area (TPSA) is 54.7 Å². The van der Waals surface area contributed by atoms with Crippen LogP contribution in [-0.4, -0.2) is 9.97 Å². The van der Waals surface area contributed by atoms with Crippen molar-refractivity contribution >= 4 is 0 Å². The van der Waals surface area contributed by atoms with Gasteiger partial charge in [0.1, 0.15) is 5.82 Å². The molecule has 1 aromatic heterocycles. The maximum atomic E-state index is 5.65. The molecule has 0 fully saturated rings. The molecule has 1 aromatic carbocycles. The molecule has 0 amide bonds. The zero-order valence-electron chi connectivity index (χ0n) is 8.12. The second-order valence-corrected chi connectivity index (χ2v) is 3.28. The number of aromatic nitrogens is 2. The molecule has 14 heavy (non-hydrogen) atoms. The Hall–Kier alpha value is -1.61. The Morgan fingerprint density at radius 2 is 2.14 bits per heavy atom. The minimum Gasteiger partial charge on any atom is -0.342 e. The number of imidazole rings is 1. The van der Waals surface area contributed by atoms with Crippen LogP contribution in [0, 0.1) is 6.92 Å². The van der Waals surface area contributed by atoms with E-state index >= 15 is 0 Å². The zero-order chi connectivity index (χ0) is 9.97. The Kier molecular flexibility index (Phi) is 2.33. The molecule has 2 rings (SSSR count). The number of H-pyrrole nitrogens is 1. The molecule has 2 aromatic rings. The predicted molar refractivity (Wildman–Crippen MR) is 56.7 cm³/mol. The third-order valence-corrected chi connectivity index (χ3v) is 2.20. The van der Waals surface area contributed by atoms with Crippen LogP contribution in [-0.2, 0) is 6.54 Å². The first kappa shape index (κ1) is 8.97. The Morgan fingerprint density at radius 3 is 2.79 bits per heavy atom. The van der Waals surface area contributed by atoms with Crippen molar-refractivity contribution < 1.29 is 0 Å². The Balaban J connectivity index is 2.50. The number of nitrogens with one attached hydrogen (secondary N) is 1. The van der Waals surface area contributed by atoms with Crippen LogP contribution in [0.1, 0.15) is 11.3 Å². The summed E-state index contributed by atoms with van der Waals surface area (Å²) >= 11 is 0. The van der Waals surface area contributed by atoms with Crippen molar-refractivity contribution in [3.63, 3.8) is 0 Å². The van der Waals surface area contributed by atoms with Crippen LogP contribution >= 0.6 is 0 Å². The van der Waals surface area contributed by atoms with Crippen molar-refractivity contribution in [3.05, 3.63) is 41.7 Å². The Bertz CT molecular complexity index is 432. The lowest BCUT2D eigenvalue weighted by Crippen LogP contribution is -1.99. The van der Waals surface area contributed by atoms with Gasteiger partial charge in [-0.05, 0) is 12.5 Å². The Morgan fingerprint density at radius 1 is 1.36 bits per heavy atom. The van der Waals surface area contributed by atoms with Crippen LogP contribution in [0.2, 0.25) is 0 Å². The normalized spacial score (nSPS) is 10.4. The molecule has 72 valence electrons. The predicted octanol–water partition coefficient (Wildman–Crippen LogP) is 1.84. The highest BCUT2D eigenvalue weighted by Gasteiger charge is 2.05.